The molecule has 0 radical (unpaired) electrons. The second-order valence-electron chi connectivity index (χ2n) is 7.38. The van der Waals surface area contributed by atoms with E-state index >= 15 is 0 Å². The van der Waals surface area contributed by atoms with E-state index < -0.39 is 5.56 Å². The molecule has 7 nitrogen and oxygen atoms in total. The summed E-state index contributed by atoms with van der Waals surface area (Å²) in [6.45, 7) is 6.90. The highest BCUT2D eigenvalue weighted by molar-refractivity contribution is 5.91. The molecule has 3 rings (SSSR count). The van der Waals surface area contributed by atoms with E-state index in [4.69, 9.17) is 0 Å². The Hall–Kier alpha value is -3.74. The Kier molecular flexibility index (Phi) is 6.11. The summed E-state index contributed by atoms with van der Waals surface area (Å²) in [6, 6.07) is 14.8. The van der Waals surface area contributed by atoms with Crippen LogP contribution in [-0.2, 0) is 16.1 Å². The maximum absolute atomic E-state index is 12.7. The van der Waals surface area contributed by atoms with E-state index in [-0.39, 0.29) is 24.0 Å². The van der Waals surface area contributed by atoms with Crippen LogP contribution in [0.25, 0.3) is 11.3 Å². The third-order valence-electron chi connectivity index (χ3n) is 4.43. The highest BCUT2D eigenvalue weighted by atomic mass is 16.2. The standard InChI is InChI=1S/C23H24N4O3/c1-14-5-7-18(8-6-14)20-12-21(24-17(4)28)23(30)27(26-20)13-22(29)25-19-10-15(2)9-16(3)11-19/h5-12H,13H2,1-4H3,(H,24,28)(H,25,29). The van der Waals surface area contributed by atoms with Gasteiger partial charge in [-0.2, -0.15) is 5.10 Å². The van der Waals surface area contributed by atoms with Crippen molar-refractivity contribution in [2.45, 2.75) is 34.2 Å². The Labute approximate surface area is 174 Å². The predicted molar refractivity (Wildman–Crippen MR) is 118 cm³/mol. The summed E-state index contributed by atoms with van der Waals surface area (Å²) in [5.74, 6) is -0.760. The number of aryl methyl sites for hydroxylation is 3. The molecule has 3 aromatic rings. The quantitative estimate of drug-likeness (QED) is 0.681. The van der Waals surface area contributed by atoms with E-state index in [1.165, 1.54) is 13.0 Å². The lowest BCUT2D eigenvalue weighted by atomic mass is 10.1. The van der Waals surface area contributed by atoms with E-state index in [1.807, 2.05) is 63.2 Å². The second kappa shape index (κ2) is 8.73. The van der Waals surface area contributed by atoms with Gasteiger partial charge in [-0.25, -0.2) is 4.68 Å². The first kappa shape index (κ1) is 21.0. The summed E-state index contributed by atoms with van der Waals surface area (Å²) in [5.41, 5.74) is 4.58. The first-order valence-electron chi connectivity index (χ1n) is 9.56. The number of aromatic nitrogens is 2. The van der Waals surface area contributed by atoms with Gasteiger partial charge < -0.3 is 10.6 Å². The Morgan fingerprint density at radius 2 is 1.53 bits per heavy atom. The second-order valence-corrected chi connectivity index (χ2v) is 7.38. The van der Waals surface area contributed by atoms with E-state index in [1.54, 1.807) is 0 Å². The van der Waals surface area contributed by atoms with Crippen molar-refractivity contribution in [2.24, 2.45) is 0 Å². The van der Waals surface area contributed by atoms with Crippen LogP contribution in [0.3, 0.4) is 0 Å². The fourth-order valence-corrected chi connectivity index (χ4v) is 3.18. The monoisotopic (exact) mass is 404 g/mol. The first-order chi connectivity index (χ1) is 14.2. The van der Waals surface area contributed by atoms with Gasteiger partial charge in [0.1, 0.15) is 12.2 Å². The molecule has 2 N–H and O–H groups in total. The number of hydrogen-bond acceptors (Lipinski definition) is 4. The van der Waals surface area contributed by atoms with Crippen molar-refractivity contribution in [3.63, 3.8) is 0 Å². The number of nitrogens with zero attached hydrogens (tertiary/aromatic N) is 2. The van der Waals surface area contributed by atoms with Crippen LogP contribution in [0.1, 0.15) is 23.6 Å². The number of anilines is 2. The Morgan fingerprint density at radius 3 is 2.13 bits per heavy atom. The molecule has 2 aromatic carbocycles. The van der Waals surface area contributed by atoms with Gasteiger partial charge in [0.05, 0.1) is 5.69 Å². The lowest BCUT2D eigenvalue weighted by Gasteiger charge is -2.12. The van der Waals surface area contributed by atoms with E-state index in [0.717, 1.165) is 26.9 Å². The van der Waals surface area contributed by atoms with Gasteiger partial charge >= 0.3 is 0 Å². The van der Waals surface area contributed by atoms with Crippen LogP contribution in [0, 0.1) is 20.8 Å². The predicted octanol–water partition coefficient (Wildman–Crippen LogP) is 3.43. The van der Waals surface area contributed by atoms with Crippen molar-refractivity contribution < 1.29 is 9.59 Å². The zero-order chi connectivity index (χ0) is 21.8. The van der Waals surface area contributed by atoms with E-state index in [0.29, 0.717) is 11.4 Å². The average Bonchev–Trinajstić information content (AvgIpc) is 2.64. The van der Waals surface area contributed by atoms with Gasteiger partial charge in [0.2, 0.25) is 11.8 Å². The number of carbonyl (C=O) groups is 2. The maximum Gasteiger partial charge on any atom is 0.291 e. The summed E-state index contributed by atoms with van der Waals surface area (Å²) in [7, 11) is 0. The minimum Gasteiger partial charge on any atom is -0.324 e. The Balaban J connectivity index is 1.94. The molecule has 0 unspecified atom stereocenters. The molecule has 0 aliphatic rings. The van der Waals surface area contributed by atoms with Crippen LogP contribution in [-0.4, -0.2) is 21.6 Å². The molecule has 0 aliphatic heterocycles. The van der Waals surface area contributed by atoms with Crippen LogP contribution in [0.2, 0.25) is 0 Å². The summed E-state index contributed by atoms with van der Waals surface area (Å²) in [5, 5.41) is 9.68. The summed E-state index contributed by atoms with van der Waals surface area (Å²) >= 11 is 0. The minimum atomic E-state index is -0.545. The number of rotatable bonds is 5. The molecule has 7 heteroatoms. The maximum atomic E-state index is 12.7. The van der Waals surface area contributed by atoms with Crippen LogP contribution in [0.5, 0.6) is 0 Å². The number of hydrogen-bond donors (Lipinski definition) is 2. The Morgan fingerprint density at radius 1 is 0.900 bits per heavy atom. The van der Waals surface area contributed by atoms with Crippen LogP contribution >= 0.6 is 0 Å². The van der Waals surface area contributed by atoms with Gasteiger partial charge in [-0.3, -0.25) is 14.4 Å². The first-order valence-corrected chi connectivity index (χ1v) is 9.56. The van der Waals surface area contributed by atoms with Crippen molar-refractivity contribution >= 4 is 23.2 Å². The minimum absolute atomic E-state index is 0.0762. The molecule has 154 valence electrons. The molecule has 0 saturated carbocycles. The molecule has 2 amide bonds. The molecule has 0 atom stereocenters. The Bertz CT molecular complexity index is 1140. The molecule has 30 heavy (non-hydrogen) atoms. The fourth-order valence-electron chi connectivity index (χ4n) is 3.18. The zero-order valence-electron chi connectivity index (χ0n) is 17.4. The van der Waals surface area contributed by atoms with Gasteiger partial charge in [-0.05, 0) is 50.1 Å². The summed E-state index contributed by atoms with van der Waals surface area (Å²) in [6.07, 6.45) is 0. The van der Waals surface area contributed by atoms with Crippen molar-refractivity contribution in [3.8, 4) is 11.3 Å². The smallest absolute Gasteiger partial charge is 0.291 e. The van der Waals surface area contributed by atoms with Crippen molar-refractivity contribution in [1.29, 1.82) is 0 Å². The molecule has 1 heterocycles. The fraction of sp³-hybridized carbons (Fsp3) is 0.217. The zero-order valence-corrected chi connectivity index (χ0v) is 17.4. The van der Waals surface area contributed by atoms with Crippen molar-refractivity contribution in [1.82, 2.24) is 9.78 Å². The van der Waals surface area contributed by atoms with Crippen molar-refractivity contribution in [3.05, 3.63) is 75.6 Å². The largest absolute Gasteiger partial charge is 0.324 e. The summed E-state index contributed by atoms with van der Waals surface area (Å²) in [4.78, 5) is 36.9. The van der Waals surface area contributed by atoms with Gasteiger partial charge in [-0.15, -0.1) is 0 Å². The lowest BCUT2D eigenvalue weighted by Crippen LogP contribution is -2.32. The topological polar surface area (TPSA) is 93.1 Å². The van der Waals surface area contributed by atoms with E-state index in [2.05, 4.69) is 15.7 Å². The number of amides is 2. The third kappa shape index (κ3) is 5.20. The SMILES string of the molecule is CC(=O)Nc1cc(-c2ccc(C)cc2)nn(CC(=O)Nc2cc(C)cc(C)c2)c1=O. The molecule has 0 aliphatic carbocycles. The van der Waals surface area contributed by atoms with Crippen LogP contribution in [0.15, 0.2) is 53.3 Å². The van der Waals surface area contributed by atoms with Gasteiger partial charge in [0.25, 0.3) is 5.56 Å². The highest BCUT2D eigenvalue weighted by Crippen LogP contribution is 2.19. The van der Waals surface area contributed by atoms with Gasteiger partial charge in [0.15, 0.2) is 0 Å². The molecule has 0 saturated heterocycles. The van der Waals surface area contributed by atoms with E-state index in [9.17, 15) is 14.4 Å². The molecule has 0 bridgehead atoms. The molecule has 1 aromatic heterocycles. The molecule has 0 fully saturated rings. The van der Waals surface area contributed by atoms with Crippen LogP contribution in [0.4, 0.5) is 11.4 Å². The number of benzene rings is 2. The molecular weight excluding hydrogens is 380 g/mol. The molecular formula is C23H24N4O3. The van der Waals surface area contributed by atoms with Gasteiger partial charge in [0, 0.05) is 18.2 Å². The van der Waals surface area contributed by atoms with Gasteiger partial charge in [-0.1, -0.05) is 35.9 Å². The lowest BCUT2D eigenvalue weighted by molar-refractivity contribution is -0.117. The van der Waals surface area contributed by atoms with Crippen LogP contribution < -0.4 is 16.2 Å². The average molecular weight is 404 g/mol. The normalized spacial score (nSPS) is 10.5. The number of nitrogens with one attached hydrogen (secondary N) is 2. The summed E-state index contributed by atoms with van der Waals surface area (Å²) < 4.78 is 1.07. The number of carbonyl (C=O) groups excluding carboxylic acids is 2. The third-order valence-corrected chi connectivity index (χ3v) is 4.43. The molecule has 0 spiro atoms. The highest BCUT2D eigenvalue weighted by Gasteiger charge is 2.14. The van der Waals surface area contributed by atoms with Crippen molar-refractivity contribution in [2.75, 3.05) is 10.6 Å².